The zero-order chi connectivity index (χ0) is 14.3. The summed E-state index contributed by atoms with van der Waals surface area (Å²) in [6.45, 7) is 10.5. The lowest BCUT2D eigenvalue weighted by Gasteiger charge is -2.28. The Bertz CT molecular complexity index is 275. The van der Waals surface area contributed by atoms with Gasteiger partial charge in [-0.1, -0.05) is 6.92 Å². The number of halogens is 2. The molecule has 1 fully saturated rings. The monoisotopic (exact) mass is 343 g/mol. The second-order valence-corrected chi connectivity index (χ2v) is 5.49. The quantitative estimate of drug-likeness (QED) is 0.733. The van der Waals surface area contributed by atoms with Crippen LogP contribution in [-0.2, 0) is 9.53 Å². The number of hydrogen-bond donors (Lipinski definition) is 2. The van der Waals surface area contributed by atoms with Crippen LogP contribution >= 0.6 is 24.8 Å². The molecule has 7 heteroatoms. The molecule has 0 bridgehead atoms. The Kier molecular flexibility index (Phi) is 13.8. The maximum Gasteiger partial charge on any atom is 0.237 e. The topological polar surface area (TPSA) is 67.6 Å². The van der Waals surface area contributed by atoms with Gasteiger partial charge in [-0.3, -0.25) is 9.69 Å². The minimum atomic E-state index is -0.391. The van der Waals surface area contributed by atoms with Crippen LogP contribution in [0.2, 0.25) is 0 Å². The molecule has 21 heavy (non-hydrogen) atoms. The molecule has 3 N–H and O–H groups in total. The number of nitrogens with zero attached hydrogens (tertiary/aromatic N) is 1. The van der Waals surface area contributed by atoms with Gasteiger partial charge in [-0.15, -0.1) is 24.8 Å². The molecular weight excluding hydrogens is 313 g/mol. The minimum absolute atomic E-state index is 0. The van der Waals surface area contributed by atoms with Crippen LogP contribution in [0.4, 0.5) is 0 Å². The third-order valence-corrected chi connectivity index (χ3v) is 3.91. The van der Waals surface area contributed by atoms with Gasteiger partial charge in [-0.2, -0.15) is 0 Å². The third-order valence-electron chi connectivity index (χ3n) is 3.91. The second-order valence-electron chi connectivity index (χ2n) is 5.49. The van der Waals surface area contributed by atoms with Gasteiger partial charge in [0.1, 0.15) is 0 Å². The van der Waals surface area contributed by atoms with Crippen LogP contribution in [0.3, 0.4) is 0 Å². The fourth-order valence-electron chi connectivity index (χ4n) is 2.51. The zero-order valence-electron chi connectivity index (χ0n) is 13.3. The van der Waals surface area contributed by atoms with Gasteiger partial charge in [0.05, 0.1) is 6.04 Å². The fraction of sp³-hybridized carbons (Fsp3) is 0.929. The zero-order valence-corrected chi connectivity index (χ0v) is 15.0. The number of nitrogens with one attached hydrogen (secondary N) is 1. The van der Waals surface area contributed by atoms with E-state index in [1.807, 2.05) is 0 Å². The number of rotatable bonds is 7. The van der Waals surface area contributed by atoms with Crippen molar-refractivity contribution >= 4 is 30.7 Å². The maximum absolute atomic E-state index is 12.0. The molecule has 0 aromatic rings. The van der Waals surface area contributed by atoms with Gasteiger partial charge < -0.3 is 15.8 Å². The number of likely N-dealkylation sites (N-methyl/N-ethyl adjacent to an activating group) is 1. The summed E-state index contributed by atoms with van der Waals surface area (Å²) in [5, 5.41) is 2.95. The predicted octanol–water partition coefficient (Wildman–Crippen LogP) is 1.43. The predicted molar refractivity (Wildman–Crippen MR) is 91.4 cm³/mol. The molecule has 1 saturated heterocycles. The van der Waals surface area contributed by atoms with Crippen LogP contribution in [0.15, 0.2) is 0 Å². The summed E-state index contributed by atoms with van der Waals surface area (Å²) in [7, 11) is 0. The summed E-state index contributed by atoms with van der Waals surface area (Å²) in [5.41, 5.74) is 6.02. The van der Waals surface area contributed by atoms with Crippen molar-refractivity contribution < 1.29 is 9.53 Å². The van der Waals surface area contributed by atoms with E-state index < -0.39 is 6.04 Å². The van der Waals surface area contributed by atoms with Crippen LogP contribution in [0.5, 0.6) is 0 Å². The Labute approximate surface area is 141 Å². The summed E-state index contributed by atoms with van der Waals surface area (Å²) in [5.74, 6) is 0.243. The largest absolute Gasteiger partial charge is 0.381 e. The van der Waals surface area contributed by atoms with Crippen molar-refractivity contribution in [1.82, 2.24) is 10.2 Å². The number of amides is 1. The highest BCUT2D eigenvalue weighted by Crippen LogP contribution is 2.17. The standard InChI is InChI=1S/C14H29N3O2.2ClH/c1-4-17(11(2)3)8-7-16-14(18)13(15)12-5-9-19-10-6-12;;/h11-13H,4-10,15H2,1-3H3,(H,16,18);2*1H. The van der Waals surface area contributed by atoms with Crippen molar-refractivity contribution in [3.63, 3.8) is 0 Å². The molecule has 1 unspecified atom stereocenters. The van der Waals surface area contributed by atoms with Gasteiger partial charge in [0.2, 0.25) is 5.91 Å². The van der Waals surface area contributed by atoms with Crippen LogP contribution in [-0.4, -0.2) is 55.7 Å². The summed E-state index contributed by atoms with van der Waals surface area (Å²) in [4.78, 5) is 14.3. The molecule has 0 saturated carbocycles. The molecule has 1 heterocycles. The lowest BCUT2D eigenvalue weighted by molar-refractivity contribution is -0.124. The maximum atomic E-state index is 12.0. The molecule has 0 aromatic heterocycles. The van der Waals surface area contributed by atoms with Gasteiger partial charge in [0, 0.05) is 32.3 Å². The molecule has 1 aliphatic heterocycles. The molecule has 1 atom stereocenters. The lowest BCUT2D eigenvalue weighted by atomic mass is 9.92. The van der Waals surface area contributed by atoms with Gasteiger partial charge in [0.25, 0.3) is 0 Å². The van der Waals surface area contributed by atoms with E-state index in [1.54, 1.807) is 0 Å². The third kappa shape index (κ3) is 8.21. The average Bonchev–Trinajstić information content (AvgIpc) is 2.43. The van der Waals surface area contributed by atoms with Crippen LogP contribution < -0.4 is 11.1 Å². The van der Waals surface area contributed by atoms with E-state index in [0.717, 1.165) is 39.1 Å². The highest BCUT2D eigenvalue weighted by molar-refractivity contribution is 5.85. The van der Waals surface area contributed by atoms with Gasteiger partial charge >= 0.3 is 0 Å². The van der Waals surface area contributed by atoms with Crippen molar-refractivity contribution in [3.8, 4) is 0 Å². The second kappa shape index (κ2) is 12.5. The van der Waals surface area contributed by atoms with Gasteiger partial charge in [-0.25, -0.2) is 0 Å². The Morgan fingerprint density at radius 2 is 1.90 bits per heavy atom. The van der Waals surface area contributed by atoms with Crippen molar-refractivity contribution in [1.29, 1.82) is 0 Å². The van der Waals surface area contributed by atoms with Crippen LogP contribution in [0.1, 0.15) is 33.6 Å². The summed E-state index contributed by atoms with van der Waals surface area (Å²) in [6, 6.07) is 0.115. The first kappa shape index (κ1) is 23.2. The Hall–Kier alpha value is -0.0700. The summed E-state index contributed by atoms with van der Waals surface area (Å²) < 4.78 is 5.29. The van der Waals surface area contributed by atoms with Crippen molar-refractivity contribution in [2.45, 2.75) is 45.7 Å². The molecule has 5 nitrogen and oxygen atoms in total. The van der Waals surface area contributed by atoms with Crippen molar-refractivity contribution in [3.05, 3.63) is 0 Å². The van der Waals surface area contributed by atoms with Crippen molar-refractivity contribution in [2.24, 2.45) is 11.7 Å². The smallest absolute Gasteiger partial charge is 0.237 e. The molecule has 0 aliphatic carbocycles. The first-order valence-corrected chi connectivity index (χ1v) is 7.41. The number of carbonyl (C=O) groups excluding carboxylic acids is 1. The van der Waals surface area contributed by atoms with E-state index >= 15 is 0 Å². The van der Waals surface area contributed by atoms with E-state index in [1.165, 1.54) is 0 Å². The van der Waals surface area contributed by atoms with Gasteiger partial charge in [-0.05, 0) is 39.2 Å². The van der Waals surface area contributed by atoms with Crippen LogP contribution in [0.25, 0.3) is 0 Å². The first-order valence-electron chi connectivity index (χ1n) is 7.41. The molecule has 0 radical (unpaired) electrons. The van der Waals surface area contributed by atoms with Crippen molar-refractivity contribution in [2.75, 3.05) is 32.8 Å². The molecule has 0 aromatic carbocycles. The lowest BCUT2D eigenvalue weighted by Crippen LogP contribution is -2.49. The molecule has 1 rings (SSSR count). The first-order chi connectivity index (χ1) is 9.06. The minimum Gasteiger partial charge on any atom is -0.381 e. The van der Waals surface area contributed by atoms with Crippen LogP contribution in [0, 0.1) is 5.92 Å². The molecule has 0 spiro atoms. The summed E-state index contributed by atoms with van der Waals surface area (Å²) in [6.07, 6.45) is 1.78. The van der Waals surface area contributed by atoms with E-state index in [9.17, 15) is 4.79 Å². The Morgan fingerprint density at radius 3 is 2.38 bits per heavy atom. The average molecular weight is 344 g/mol. The summed E-state index contributed by atoms with van der Waals surface area (Å²) >= 11 is 0. The highest BCUT2D eigenvalue weighted by atomic mass is 35.5. The molecule has 1 amide bonds. The SMILES string of the molecule is CCN(CCNC(=O)C(N)C1CCOCC1)C(C)C.Cl.Cl. The fourth-order valence-corrected chi connectivity index (χ4v) is 2.51. The highest BCUT2D eigenvalue weighted by Gasteiger charge is 2.26. The normalized spacial score (nSPS) is 17.0. The molecular formula is C14H31Cl2N3O2. The molecule has 1 aliphatic rings. The number of nitrogens with two attached hydrogens (primary N) is 1. The van der Waals surface area contributed by atoms with Gasteiger partial charge in [0.15, 0.2) is 0 Å². The number of carbonyl (C=O) groups is 1. The van der Waals surface area contributed by atoms with E-state index in [0.29, 0.717) is 12.6 Å². The number of ether oxygens (including phenoxy) is 1. The van der Waals surface area contributed by atoms with E-state index in [4.69, 9.17) is 10.5 Å². The number of hydrogen-bond acceptors (Lipinski definition) is 4. The molecule has 128 valence electrons. The Balaban J connectivity index is 0. The van der Waals surface area contributed by atoms with E-state index in [2.05, 4.69) is 31.0 Å². The Morgan fingerprint density at radius 1 is 1.33 bits per heavy atom. The van der Waals surface area contributed by atoms with E-state index in [-0.39, 0.29) is 36.6 Å².